The van der Waals surface area contributed by atoms with E-state index in [9.17, 15) is 9.18 Å². The number of H-pyrrole nitrogens is 1. The van der Waals surface area contributed by atoms with Gasteiger partial charge >= 0.3 is 0 Å². The summed E-state index contributed by atoms with van der Waals surface area (Å²) in [6, 6.07) is 15.1. The predicted octanol–water partition coefficient (Wildman–Crippen LogP) is 6.18. The molecule has 0 aliphatic rings. The molecule has 5 aromatic rings. The van der Waals surface area contributed by atoms with E-state index in [0.29, 0.717) is 28.8 Å². The highest BCUT2D eigenvalue weighted by molar-refractivity contribution is 5.89. The van der Waals surface area contributed by atoms with E-state index in [1.54, 1.807) is 18.3 Å². The molecule has 3 aromatic heterocycles. The van der Waals surface area contributed by atoms with Crippen LogP contribution >= 0.6 is 0 Å². The second-order valence-electron chi connectivity index (χ2n) is 7.90. The number of anilines is 2. The van der Waals surface area contributed by atoms with Gasteiger partial charge in [-0.05, 0) is 61.4 Å². The second kappa shape index (κ2) is 10.4. The third-order valence-electron chi connectivity index (χ3n) is 5.73. The molecule has 35 heavy (non-hydrogen) atoms. The molecule has 3 heterocycles. The van der Waals surface area contributed by atoms with Crippen molar-refractivity contribution >= 4 is 33.3 Å². The Morgan fingerprint density at radius 3 is 2.60 bits per heavy atom. The number of pyridine rings is 1. The average molecular weight is 473 g/mol. The zero-order valence-corrected chi connectivity index (χ0v) is 20.3. The lowest BCUT2D eigenvalue weighted by Crippen LogP contribution is -2.34. The van der Waals surface area contributed by atoms with E-state index < -0.39 is 0 Å². The number of nitrogens with zero attached hydrogens (tertiary/aromatic N) is 3. The minimum absolute atomic E-state index is 0.209. The van der Waals surface area contributed by atoms with Gasteiger partial charge in [0.25, 0.3) is 5.56 Å². The number of aryl methyl sites for hydroxylation is 1. The third-order valence-corrected chi connectivity index (χ3v) is 5.73. The largest absolute Gasteiger partial charge is 0.374 e. The summed E-state index contributed by atoms with van der Waals surface area (Å²) in [5, 5.41) is 5.03. The summed E-state index contributed by atoms with van der Waals surface area (Å²) in [7, 11) is 0. The predicted molar refractivity (Wildman–Crippen MR) is 140 cm³/mol. The van der Waals surface area contributed by atoms with Crippen molar-refractivity contribution in [3.8, 4) is 0 Å². The first-order chi connectivity index (χ1) is 17.0. The lowest BCUT2D eigenvalue weighted by atomic mass is 10.1. The molecule has 0 amide bonds. The zero-order valence-electron chi connectivity index (χ0n) is 20.3. The minimum Gasteiger partial charge on any atom is -0.374 e. The maximum absolute atomic E-state index is 13.6. The van der Waals surface area contributed by atoms with Crippen LogP contribution in [0.2, 0.25) is 0 Å². The van der Waals surface area contributed by atoms with Crippen molar-refractivity contribution in [1.82, 2.24) is 19.6 Å². The summed E-state index contributed by atoms with van der Waals surface area (Å²) in [6.07, 6.45) is 4.24. The van der Waals surface area contributed by atoms with Gasteiger partial charge in [0, 0.05) is 23.5 Å². The lowest BCUT2D eigenvalue weighted by Gasteiger charge is -2.23. The molecule has 0 saturated carbocycles. The van der Waals surface area contributed by atoms with Crippen molar-refractivity contribution in [2.45, 2.75) is 40.2 Å². The van der Waals surface area contributed by atoms with Crippen molar-refractivity contribution in [2.24, 2.45) is 0 Å². The van der Waals surface area contributed by atoms with Crippen LogP contribution in [0.25, 0.3) is 21.9 Å². The molecule has 1 atom stereocenters. The van der Waals surface area contributed by atoms with Crippen LogP contribution in [0.15, 0.2) is 71.8 Å². The number of rotatable bonds is 6. The number of aromatic amines is 1. The maximum atomic E-state index is 13.6. The van der Waals surface area contributed by atoms with Crippen molar-refractivity contribution in [3.05, 3.63) is 94.5 Å². The molecule has 0 saturated heterocycles. The van der Waals surface area contributed by atoms with Gasteiger partial charge < -0.3 is 10.3 Å². The first kappa shape index (κ1) is 23.9. The summed E-state index contributed by atoms with van der Waals surface area (Å²) >= 11 is 0. The molecule has 0 aliphatic carbocycles. The summed E-state index contributed by atoms with van der Waals surface area (Å²) in [5.41, 5.74) is 6.65. The van der Waals surface area contributed by atoms with Crippen LogP contribution in [-0.4, -0.2) is 19.6 Å². The maximum Gasteiger partial charge on any atom is 0.280 e. The lowest BCUT2D eigenvalue weighted by molar-refractivity contribution is 0.626. The second-order valence-corrected chi connectivity index (χ2v) is 7.90. The molecule has 0 radical (unpaired) electrons. The number of benzene rings is 2. The van der Waals surface area contributed by atoms with Crippen molar-refractivity contribution < 1.29 is 4.39 Å². The van der Waals surface area contributed by atoms with Gasteiger partial charge in [0.1, 0.15) is 11.5 Å². The molecule has 0 fully saturated rings. The third kappa shape index (κ3) is 4.73. The normalized spacial score (nSPS) is 11.7. The van der Waals surface area contributed by atoms with Gasteiger partial charge in [0.2, 0.25) is 0 Å². The number of fused-ring (bicyclic) bond motifs is 2. The molecule has 3 N–H and O–H groups in total. The Labute approximate surface area is 203 Å². The van der Waals surface area contributed by atoms with Crippen LogP contribution in [0.3, 0.4) is 0 Å². The Hall–Kier alpha value is -4.20. The molecule has 1 unspecified atom stereocenters. The van der Waals surface area contributed by atoms with Gasteiger partial charge in [-0.3, -0.25) is 10.2 Å². The molecule has 0 bridgehead atoms. The standard InChI is InChI=1S/C25H23FN6O.C2H6/c1-3-19(29-20-12-14-28-23-18(20)11-13-27-23)24-30-21-6-4-5-15(2)22(21)25(33)32(24)31-17-9-7-16(26)8-10-17;1-2/h4-14,19,31H,3H2,1-2H3,(H2,27,28,29);1-2H3. The Bertz CT molecular complexity index is 1510. The molecule has 2 aromatic carbocycles. The minimum atomic E-state index is -0.345. The molecule has 180 valence electrons. The van der Waals surface area contributed by atoms with E-state index in [4.69, 9.17) is 4.98 Å². The SMILES string of the molecule is CC.CCC(Nc1ccnc2[nH]ccc12)c1nc2cccc(C)c2c(=O)n1Nc1ccc(F)cc1. The monoisotopic (exact) mass is 472 g/mol. The highest BCUT2D eigenvalue weighted by Gasteiger charge is 2.21. The highest BCUT2D eigenvalue weighted by Crippen LogP contribution is 2.27. The highest BCUT2D eigenvalue weighted by atomic mass is 19.1. The quantitative estimate of drug-likeness (QED) is 0.274. The number of halogens is 1. The van der Waals surface area contributed by atoms with Gasteiger partial charge in [0.15, 0.2) is 5.82 Å². The topological polar surface area (TPSA) is 87.6 Å². The van der Waals surface area contributed by atoms with E-state index in [2.05, 4.69) is 20.7 Å². The molecular formula is C27H29FN6O. The number of aromatic nitrogens is 4. The molecule has 0 spiro atoms. The van der Waals surface area contributed by atoms with Gasteiger partial charge in [-0.2, -0.15) is 0 Å². The first-order valence-electron chi connectivity index (χ1n) is 11.8. The fourth-order valence-electron chi connectivity index (χ4n) is 4.03. The molecule has 0 aliphatic heterocycles. The summed E-state index contributed by atoms with van der Waals surface area (Å²) in [6.45, 7) is 7.92. The Morgan fingerprint density at radius 2 is 1.86 bits per heavy atom. The van der Waals surface area contributed by atoms with E-state index >= 15 is 0 Å². The van der Waals surface area contributed by atoms with Crippen LogP contribution in [0.5, 0.6) is 0 Å². The summed E-state index contributed by atoms with van der Waals surface area (Å²) in [4.78, 5) is 26.0. The Kier molecular flexibility index (Phi) is 7.10. The number of hydrogen-bond acceptors (Lipinski definition) is 5. The van der Waals surface area contributed by atoms with Crippen LogP contribution in [0.1, 0.15) is 44.6 Å². The molecule has 5 rings (SSSR count). The fourth-order valence-corrected chi connectivity index (χ4v) is 4.03. The molecule has 7 nitrogen and oxygen atoms in total. The molecule has 8 heteroatoms. The van der Waals surface area contributed by atoms with Gasteiger partial charge in [-0.25, -0.2) is 19.0 Å². The van der Waals surface area contributed by atoms with E-state index in [0.717, 1.165) is 22.3 Å². The van der Waals surface area contributed by atoms with Crippen LogP contribution in [0, 0.1) is 12.7 Å². The Morgan fingerprint density at radius 1 is 1.09 bits per heavy atom. The van der Waals surface area contributed by atoms with E-state index in [1.807, 2.05) is 64.2 Å². The van der Waals surface area contributed by atoms with E-state index in [1.165, 1.54) is 16.8 Å². The average Bonchev–Trinajstić information content (AvgIpc) is 3.36. The van der Waals surface area contributed by atoms with Gasteiger partial charge in [0.05, 0.1) is 22.6 Å². The van der Waals surface area contributed by atoms with Gasteiger partial charge in [-0.15, -0.1) is 0 Å². The molecular weight excluding hydrogens is 443 g/mol. The van der Waals surface area contributed by atoms with Crippen LogP contribution in [-0.2, 0) is 0 Å². The Balaban J connectivity index is 0.00000141. The summed E-state index contributed by atoms with van der Waals surface area (Å²) in [5.74, 6) is 0.187. The van der Waals surface area contributed by atoms with Crippen molar-refractivity contribution in [1.29, 1.82) is 0 Å². The van der Waals surface area contributed by atoms with Crippen molar-refractivity contribution in [2.75, 3.05) is 10.7 Å². The van der Waals surface area contributed by atoms with E-state index in [-0.39, 0.29) is 17.4 Å². The fraction of sp³-hybridized carbons (Fsp3) is 0.222. The number of hydrogen-bond donors (Lipinski definition) is 3. The zero-order chi connectivity index (χ0) is 24.9. The van der Waals surface area contributed by atoms with Crippen LogP contribution in [0.4, 0.5) is 15.8 Å². The summed E-state index contributed by atoms with van der Waals surface area (Å²) < 4.78 is 14.9. The van der Waals surface area contributed by atoms with Gasteiger partial charge in [-0.1, -0.05) is 32.9 Å². The first-order valence-corrected chi connectivity index (χ1v) is 11.8. The van der Waals surface area contributed by atoms with Crippen LogP contribution < -0.4 is 16.3 Å². The smallest absolute Gasteiger partial charge is 0.280 e. The van der Waals surface area contributed by atoms with Crippen molar-refractivity contribution in [3.63, 3.8) is 0 Å². The number of nitrogens with one attached hydrogen (secondary N) is 3.